The third kappa shape index (κ3) is 10.4. The van der Waals surface area contributed by atoms with Gasteiger partial charge in [0, 0.05) is 12.3 Å². The van der Waals surface area contributed by atoms with Gasteiger partial charge >= 0.3 is 24.1 Å². The Kier molecular flexibility index (Phi) is 12.6. The number of nitrogens with one attached hydrogen (secondary N) is 1. The second kappa shape index (κ2) is 16.0. The minimum Gasteiger partial charge on any atom is -0.493 e. The van der Waals surface area contributed by atoms with E-state index >= 15 is 0 Å². The molecule has 1 fully saturated rings. The van der Waals surface area contributed by atoms with Crippen LogP contribution in [-0.2, 0) is 39.8 Å². The fourth-order valence-electron chi connectivity index (χ4n) is 4.08. The number of nitrogens with zero attached hydrogens (tertiary/aromatic N) is 1. The van der Waals surface area contributed by atoms with Crippen molar-refractivity contribution >= 4 is 64.8 Å². The maximum atomic E-state index is 13.4. The van der Waals surface area contributed by atoms with Gasteiger partial charge in [0.1, 0.15) is 25.2 Å². The average Bonchev–Trinajstić information content (AvgIpc) is 3.02. The highest BCUT2D eigenvalue weighted by Gasteiger charge is 2.42. The number of hydrogen-bond acceptors (Lipinski definition) is 12. The molecule has 1 amide bonds. The van der Waals surface area contributed by atoms with Crippen molar-refractivity contribution in [1.82, 2.24) is 10.3 Å². The van der Waals surface area contributed by atoms with Crippen LogP contribution in [0.5, 0.6) is 11.5 Å². The van der Waals surface area contributed by atoms with Crippen LogP contribution < -0.4 is 14.8 Å². The van der Waals surface area contributed by atoms with Gasteiger partial charge in [-0.2, -0.15) is 0 Å². The van der Waals surface area contributed by atoms with Gasteiger partial charge in [-0.25, -0.2) is 14.6 Å². The topological polar surface area (TPSA) is 166 Å². The van der Waals surface area contributed by atoms with Gasteiger partial charge in [0.05, 0.1) is 13.0 Å². The number of hydrogen-bond donors (Lipinski definition) is 1. The fraction of sp³-hybridized carbons (Fsp3) is 0.448. The summed E-state index contributed by atoms with van der Waals surface area (Å²) in [7, 11) is 1.24. The lowest BCUT2D eigenvalue weighted by molar-refractivity contribution is -0.176. The number of alkyl halides is 3. The summed E-state index contributed by atoms with van der Waals surface area (Å²) in [6, 6.07) is 8.69. The summed E-state index contributed by atoms with van der Waals surface area (Å²) in [5.41, 5.74) is 0.245. The zero-order valence-electron chi connectivity index (χ0n) is 24.6. The van der Waals surface area contributed by atoms with Crippen molar-refractivity contribution in [2.24, 2.45) is 11.8 Å². The highest BCUT2D eigenvalue weighted by Crippen LogP contribution is 2.31. The standard InChI is InChI=1S/C29H31Cl3N2O11/c1-15(2)25(36)44-22-16(3)43-27(38)19(13-41-26(37)18(22)12-17-8-6-5-7-9-17)34-24(35)21-23(20(40-4)10-11-33-21)45-28(39)42-14-29(30,31)32/h5-11,15-16,18-19,22H,12-14H2,1-4H3,(H,34,35)/t16-,18+,19?,22?/m0/s1. The molecular formula is C29H31Cl3N2O11. The maximum Gasteiger partial charge on any atom is 0.514 e. The van der Waals surface area contributed by atoms with Crippen molar-refractivity contribution in [3.8, 4) is 11.5 Å². The van der Waals surface area contributed by atoms with E-state index in [2.05, 4.69) is 10.3 Å². The molecule has 244 valence electrons. The zero-order chi connectivity index (χ0) is 33.3. The summed E-state index contributed by atoms with van der Waals surface area (Å²) in [6.45, 7) is 3.39. The number of ether oxygens (including phenoxy) is 6. The lowest BCUT2D eigenvalue weighted by Crippen LogP contribution is -2.47. The molecule has 0 saturated carbocycles. The Balaban J connectivity index is 1.87. The predicted octanol–water partition coefficient (Wildman–Crippen LogP) is 3.99. The number of cyclic esters (lactones) is 2. The molecule has 2 unspecified atom stereocenters. The molecule has 13 nitrogen and oxygen atoms in total. The van der Waals surface area contributed by atoms with E-state index in [-0.39, 0.29) is 12.2 Å². The summed E-state index contributed by atoms with van der Waals surface area (Å²) >= 11 is 16.8. The molecule has 0 radical (unpaired) electrons. The Labute approximate surface area is 273 Å². The first kappa shape index (κ1) is 35.7. The lowest BCUT2D eigenvalue weighted by atomic mass is 9.91. The third-order valence-corrected chi connectivity index (χ3v) is 6.64. The smallest absolute Gasteiger partial charge is 0.493 e. The highest BCUT2D eigenvalue weighted by molar-refractivity contribution is 6.67. The van der Waals surface area contributed by atoms with E-state index in [0.717, 1.165) is 5.56 Å². The number of amides is 1. The van der Waals surface area contributed by atoms with Crippen LogP contribution in [0.4, 0.5) is 4.79 Å². The van der Waals surface area contributed by atoms with E-state index in [9.17, 15) is 24.0 Å². The largest absolute Gasteiger partial charge is 0.514 e. The summed E-state index contributed by atoms with van der Waals surface area (Å²) in [6.07, 6.45) is -2.39. The molecule has 3 rings (SSSR count). The van der Waals surface area contributed by atoms with Crippen molar-refractivity contribution in [2.75, 3.05) is 20.3 Å². The van der Waals surface area contributed by atoms with E-state index in [4.69, 9.17) is 63.2 Å². The third-order valence-electron chi connectivity index (χ3n) is 6.31. The van der Waals surface area contributed by atoms with Crippen LogP contribution in [0, 0.1) is 11.8 Å². The molecule has 4 atom stereocenters. The summed E-state index contributed by atoms with van der Waals surface area (Å²) < 4.78 is 29.8. The lowest BCUT2D eigenvalue weighted by Gasteiger charge is -2.29. The Bertz CT molecular complexity index is 1390. The Hall–Kier alpha value is -3.81. The van der Waals surface area contributed by atoms with E-state index in [1.807, 2.05) is 0 Å². The van der Waals surface area contributed by atoms with Crippen LogP contribution >= 0.6 is 34.8 Å². The highest BCUT2D eigenvalue weighted by atomic mass is 35.6. The van der Waals surface area contributed by atoms with Gasteiger partial charge in [-0.05, 0) is 18.9 Å². The maximum absolute atomic E-state index is 13.4. The minimum absolute atomic E-state index is 0.100. The van der Waals surface area contributed by atoms with E-state index in [1.54, 1.807) is 44.2 Å². The second-order valence-corrected chi connectivity index (χ2v) is 12.6. The second-order valence-electron chi connectivity index (χ2n) is 10.1. The number of benzene rings is 1. The van der Waals surface area contributed by atoms with Crippen molar-refractivity contribution < 1.29 is 52.4 Å². The minimum atomic E-state index is -1.93. The van der Waals surface area contributed by atoms with Gasteiger partial charge in [0.2, 0.25) is 9.54 Å². The molecule has 1 N–H and O–H groups in total. The zero-order valence-corrected chi connectivity index (χ0v) is 26.9. The number of carbonyl (C=O) groups is 5. The number of aromatic nitrogens is 1. The summed E-state index contributed by atoms with van der Waals surface area (Å²) in [5.74, 6) is -5.59. The SMILES string of the molecule is COc1ccnc(C(=O)NC2COC(=O)[C@H](Cc3ccccc3)C(OC(=O)C(C)C)[C@H](C)OC2=O)c1OC(=O)OCC(Cl)(Cl)Cl. The first-order chi connectivity index (χ1) is 21.2. The number of esters is 3. The monoisotopic (exact) mass is 688 g/mol. The number of rotatable bonds is 9. The molecule has 45 heavy (non-hydrogen) atoms. The molecule has 1 aromatic heterocycles. The van der Waals surface area contributed by atoms with Crippen molar-refractivity contribution in [3.63, 3.8) is 0 Å². The first-order valence-corrected chi connectivity index (χ1v) is 14.7. The Morgan fingerprint density at radius 3 is 2.40 bits per heavy atom. The average molecular weight is 690 g/mol. The van der Waals surface area contributed by atoms with Gasteiger partial charge in [-0.1, -0.05) is 79.0 Å². The fourth-order valence-corrected chi connectivity index (χ4v) is 4.25. The molecule has 2 aromatic rings. The van der Waals surface area contributed by atoms with Gasteiger partial charge in [0.15, 0.2) is 23.6 Å². The van der Waals surface area contributed by atoms with Crippen molar-refractivity contribution in [1.29, 1.82) is 0 Å². The summed E-state index contributed by atoms with van der Waals surface area (Å²) in [5, 5.41) is 2.37. The quantitative estimate of drug-likeness (QED) is 0.229. The van der Waals surface area contributed by atoms with Crippen LogP contribution in [0.25, 0.3) is 0 Å². The first-order valence-electron chi connectivity index (χ1n) is 13.6. The molecule has 0 bridgehead atoms. The number of pyridine rings is 1. The molecule has 1 aliphatic rings. The Morgan fingerprint density at radius 1 is 1.09 bits per heavy atom. The van der Waals surface area contributed by atoms with Crippen molar-refractivity contribution in [2.45, 2.75) is 49.2 Å². The predicted molar refractivity (Wildman–Crippen MR) is 159 cm³/mol. The molecular weight excluding hydrogens is 659 g/mol. The van der Waals surface area contributed by atoms with Gasteiger partial charge in [-0.15, -0.1) is 0 Å². The molecule has 2 heterocycles. The van der Waals surface area contributed by atoms with Crippen LogP contribution in [0.3, 0.4) is 0 Å². The van der Waals surface area contributed by atoms with Crippen molar-refractivity contribution in [3.05, 3.63) is 53.9 Å². The van der Waals surface area contributed by atoms with Crippen LogP contribution in [0.2, 0.25) is 0 Å². The number of carbonyl (C=O) groups excluding carboxylic acids is 5. The summed E-state index contributed by atoms with van der Waals surface area (Å²) in [4.78, 5) is 68.8. The van der Waals surface area contributed by atoms with Gasteiger partial charge in [-0.3, -0.25) is 14.4 Å². The van der Waals surface area contributed by atoms with E-state index < -0.39 is 88.5 Å². The molecule has 0 spiro atoms. The van der Waals surface area contributed by atoms with E-state index in [1.165, 1.54) is 26.3 Å². The van der Waals surface area contributed by atoms with Crippen LogP contribution in [-0.4, -0.2) is 77.3 Å². The van der Waals surface area contributed by atoms with Crippen LogP contribution in [0.1, 0.15) is 36.8 Å². The molecule has 1 aliphatic heterocycles. The molecule has 1 aromatic carbocycles. The molecule has 0 aliphatic carbocycles. The van der Waals surface area contributed by atoms with Gasteiger partial charge < -0.3 is 33.7 Å². The number of halogens is 3. The molecule has 16 heteroatoms. The molecule has 1 saturated heterocycles. The van der Waals surface area contributed by atoms with Gasteiger partial charge in [0.25, 0.3) is 5.91 Å². The Morgan fingerprint density at radius 2 is 1.78 bits per heavy atom. The number of methoxy groups -OCH3 is 1. The normalized spacial score (nSPS) is 20.4. The van der Waals surface area contributed by atoms with Crippen LogP contribution in [0.15, 0.2) is 42.6 Å². The van der Waals surface area contributed by atoms with E-state index in [0.29, 0.717) is 0 Å².